The molecular weight excluding hydrogens is 302 g/mol. The van der Waals surface area contributed by atoms with Gasteiger partial charge >= 0.3 is 0 Å². The fourth-order valence-corrected chi connectivity index (χ4v) is 3.61. The second kappa shape index (κ2) is 7.52. The zero-order valence-corrected chi connectivity index (χ0v) is 13.9. The number of amides is 1. The summed E-state index contributed by atoms with van der Waals surface area (Å²) in [7, 11) is 0. The summed E-state index contributed by atoms with van der Waals surface area (Å²) in [6.45, 7) is 5.25. The summed E-state index contributed by atoms with van der Waals surface area (Å²) in [5.74, 6) is 0.112. The molecule has 0 radical (unpaired) electrons. The highest BCUT2D eigenvalue weighted by Crippen LogP contribution is 2.18. The largest absolute Gasteiger partial charge is 0.338 e. The zero-order chi connectivity index (χ0) is 15.2. The Bertz CT molecular complexity index is 602. The standard InChI is InChI=1S/C16H19NO2S2/c1-3-17(11-13-5-4-10-20-13)16(19)9-7-14(18)15-8-6-12(2)21-15/h4-6,8,10H,3,7,9,11H2,1-2H3. The summed E-state index contributed by atoms with van der Waals surface area (Å²) in [4.78, 5) is 29.1. The van der Waals surface area contributed by atoms with Gasteiger partial charge in [0.25, 0.3) is 0 Å². The van der Waals surface area contributed by atoms with Gasteiger partial charge in [-0.25, -0.2) is 0 Å². The number of nitrogens with zero attached hydrogens (tertiary/aromatic N) is 1. The van der Waals surface area contributed by atoms with E-state index in [-0.39, 0.29) is 18.1 Å². The first-order valence-corrected chi connectivity index (χ1v) is 8.69. The number of hydrogen-bond donors (Lipinski definition) is 0. The predicted octanol–water partition coefficient (Wildman–Crippen LogP) is 4.13. The molecule has 0 spiro atoms. The summed E-state index contributed by atoms with van der Waals surface area (Å²) < 4.78 is 0. The van der Waals surface area contributed by atoms with Crippen LogP contribution in [0.15, 0.2) is 29.6 Å². The minimum Gasteiger partial charge on any atom is -0.338 e. The summed E-state index contributed by atoms with van der Waals surface area (Å²) in [6.07, 6.45) is 0.578. The molecule has 2 heterocycles. The van der Waals surface area contributed by atoms with E-state index in [0.29, 0.717) is 19.5 Å². The number of rotatable bonds is 7. The van der Waals surface area contributed by atoms with Crippen molar-refractivity contribution in [2.45, 2.75) is 33.2 Å². The molecule has 0 unspecified atom stereocenters. The van der Waals surface area contributed by atoms with E-state index in [1.54, 1.807) is 16.2 Å². The molecule has 0 fully saturated rings. The Morgan fingerprint density at radius 1 is 1.19 bits per heavy atom. The normalized spacial score (nSPS) is 10.6. The van der Waals surface area contributed by atoms with Gasteiger partial charge in [-0.2, -0.15) is 0 Å². The van der Waals surface area contributed by atoms with E-state index in [2.05, 4.69) is 0 Å². The highest BCUT2D eigenvalue weighted by atomic mass is 32.1. The van der Waals surface area contributed by atoms with Gasteiger partial charge in [0.1, 0.15) is 0 Å². The molecule has 0 aliphatic heterocycles. The molecule has 0 aliphatic carbocycles. The van der Waals surface area contributed by atoms with Crippen molar-refractivity contribution in [2.24, 2.45) is 0 Å². The number of carbonyl (C=O) groups is 2. The van der Waals surface area contributed by atoms with Crippen molar-refractivity contribution in [1.82, 2.24) is 4.90 Å². The van der Waals surface area contributed by atoms with Crippen LogP contribution < -0.4 is 0 Å². The van der Waals surface area contributed by atoms with Crippen molar-refractivity contribution >= 4 is 34.4 Å². The van der Waals surface area contributed by atoms with Crippen LogP contribution in [0.5, 0.6) is 0 Å². The summed E-state index contributed by atoms with van der Waals surface area (Å²) >= 11 is 3.14. The average Bonchev–Trinajstić information content (AvgIpc) is 3.13. The molecular formula is C16H19NO2S2. The van der Waals surface area contributed by atoms with E-state index in [1.807, 2.05) is 43.5 Å². The van der Waals surface area contributed by atoms with E-state index >= 15 is 0 Å². The van der Waals surface area contributed by atoms with Crippen molar-refractivity contribution in [3.8, 4) is 0 Å². The molecule has 1 amide bonds. The van der Waals surface area contributed by atoms with Crippen LogP contribution in [0.1, 0.15) is 39.2 Å². The van der Waals surface area contributed by atoms with Crippen LogP contribution in [0.3, 0.4) is 0 Å². The monoisotopic (exact) mass is 321 g/mol. The molecule has 5 heteroatoms. The lowest BCUT2D eigenvalue weighted by atomic mass is 10.1. The third kappa shape index (κ3) is 4.51. The molecule has 2 aromatic heterocycles. The fourth-order valence-electron chi connectivity index (χ4n) is 2.05. The zero-order valence-electron chi connectivity index (χ0n) is 12.3. The third-order valence-electron chi connectivity index (χ3n) is 3.24. The van der Waals surface area contributed by atoms with E-state index in [9.17, 15) is 9.59 Å². The number of ketones is 1. The van der Waals surface area contributed by atoms with Crippen LogP contribution >= 0.6 is 22.7 Å². The molecule has 2 aromatic rings. The molecule has 0 N–H and O–H groups in total. The molecule has 0 saturated carbocycles. The topological polar surface area (TPSA) is 37.4 Å². The number of hydrogen-bond acceptors (Lipinski definition) is 4. The number of Topliss-reactive ketones (excluding diaryl/α,β-unsaturated/α-hetero) is 1. The van der Waals surface area contributed by atoms with Crippen molar-refractivity contribution in [3.05, 3.63) is 44.3 Å². The van der Waals surface area contributed by atoms with Gasteiger partial charge < -0.3 is 4.90 Å². The van der Waals surface area contributed by atoms with Gasteiger partial charge in [-0.3, -0.25) is 9.59 Å². The van der Waals surface area contributed by atoms with Crippen LogP contribution in [0, 0.1) is 6.92 Å². The lowest BCUT2D eigenvalue weighted by molar-refractivity contribution is -0.131. The van der Waals surface area contributed by atoms with Crippen molar-refractivity contribution in [1.29, 1.82) is 0 Å². The number of carbonyl (C=O) groups excluding carboxylic acids is 2. The molecule has 21 heavy (non-hydrogen) atoms. The molecule has 0 aliphatic rings. The van der Waals surface area contributed by atoms with Crippen LogP contribution in [0.25, 0.3) is 0 Å². The molecule has 3 nitrogen and oxygen atoms in total. The number of aryl methyl sites for hydroxylation is 1. The van der Waals surface area contributed by atoms with Crippen molar-refractivity contribution in [3.63, 3.8) is 0 Å². The summed E-state index contributed by atoms with van der Waals surface area (Å²) in [5, 5.41) is 2.01. The van der Waals surface area contributed by atoms with Crippen LogP contribution in [0.4, 0.5) is 0 Å². The molecule has 112 valence electrons. The second-order valence-electron chi connectivity index (χ2n) is 4.82. The van der Waals surface area contributed by atoms with Crippen molar-refractivity contribution in [2.75, 3.05) is 6.54 Å². The maximum absolute atomic E-state index is 12.2. The molecule has 0 saturated heterocycles. The van der Waals surface area contributed by atoms with Gasteiger partial charge in [-0.05, 0) is 37.4 Å². The lowest BCUT2D eigenvalue weighted by Gasteiger charge is -2.19. The van der Waals surface area contributed by atoms with Gasteiger partial charge in [0.15, 0.2) is 5.78 Å². The summed E-state index contributed by atoms with van der Waals surface area (Å²) in [6, 6.07) is 7.80. The smallest absolute Gasteiger partial charge is 0.223 e. The van der Waals surface area contributed by atoms with Gasteiger partial charge in [0.05, 0.1) is 11.4 Å². The van der Waals surface area contributed by atoms with Gasteiger partial charge in [-0.15, -0.1) is 22.7 Å². The van der Waals surface area contributed by atoms with E-state index in [0.717, 1.165) is 9.75 Å². The van der Waals surface area contributed by atoms with Gasteiger partial charge in [-0.1, -0.05) is 6.07 Å². The first-order chi connectivity index (χ1) is 10.1. The lowest BCUT2D eigenvalue weighted by Crippen LogP contribution is -2.30. The third-order valence-corrected chi connectivity index (χ3v) is 5.15. The first kappa shape index (κ1) is 15.9. The molecule has 2 rings (SSSR count). The minimum atomic E-state index is 0.0486. The highest BCUT2D eigenvalue weighted by molar-refractivity contribution is 7.14. The predicted molar refractivity (Wildman–Crippen MR) is 88.0 cm³/mol. The minimum absolute atomic E-state index is 0.0486. The summed E-state index contributed by atoms with van der Waals surface area (Å²) in [5.41, 5.74) is 0. The molecule has 0 aromatic carbocycles. The van der Waals surface area contributed by atoms with Crippen molar-refractivity contribution < 1.29 is 9.59 Å². The van der Waals surface area contributed by atoms with E-state index in [1.165, 1.54) is 16.2 Å². The molecule has 0 bridgehead atoms. The Morgan fingerprint density at radius 3 is 2.57 bits per heavy atom. The second-order valence-corrected chi connectivity index (χ2v) is 7.14. The van der Waals surface area contributed by atoms with Gasteiger partial charge in [0, 0.05) is 29.1 Å². The Hall–Kier alpha value is -1.46. The number of thiophene rings is 2. The van der Waals surface area contributed by atoms with Crippen LogP contribution in [-0.2, 0) is 11.3 Å². The fraction of sp³-hybridized carbons (Fsp3) is 0.375. The Morgan fingerprint density at radius 2 is 2.00 bits per heavy atom. The quantitative estimate of drug-likeness (QED) is 0.719. The van der Waals surface area contributed by atoms with Gasteiger partial charge in [0.2, 0.25) is 5.91 Å². The Kier molecular flexibility index (Phi) is 5.70. The SMILES string of the molecule is CCN(Cc1cccs1)C(=O)CCC(=O)c1ccc(C)s1. The maximum Gasteiger partial charge on any atom is 0.223 e. The molecule has 0 atom stereocenters. The first-order valence-electron chi connectivity index (χ1n) is 7.00. The highest BCUT2D eigenvalue weighted by Gasteiger charge is 2.16. The Balaban J connectivity index is 1.86. The van der Waals surface area contributed by atoms with E-state index < -0.39 is 0 Å². The van der Waals surface area contributed by atoms with Crippen LogP contribution in [-0.4, -0.2) is 23.1 Å². The Labute approximate surface area is 133 Å². The van der Waals surface area contributed by atoms with E-state index in [4.69, 9.17) is 0 Å². The maximum atomic E-state index is 12.2. The van der Waals surface area contributed by atoms with Crippen LogP contribution in [0.2, 0.25) is 0 Å². The average molecular weight is 321 g/mol.